The van der Waals surface area contributed by atoms with Gasteiger partial charge in [0.25, 0.3) is 0 Å². The molecule has 3 heteroatoms. The van der Waals surface area contributed by atoms with E-state index in [0.717, 1.165) is 19.3 Å². The molecule has 1 saturated heterocycles. The van der Waals surface area contributed by atoms with E-state index in [9.17, 15) is 0 Å². The summed E-state index contributed by atoms with van der Waals surface area (Å²) < 4.78 is 0. The molecule has 1 aliphatic heterocycles. The standard InChI is InChI=1S/C28H56O3/c1-3-5-7-9-11-12-13-14-15-16-17-18-19-21-23-25-28(26-27-29-31-30-28)24-22-20-10-8-6-4-2/h3-27H2,1-2H3. The molecule has 31 heavy (non-hydrogen) atoms. The summed E-state index contributed by atoms with van der Waals surface area (Å²) in [4.78, 5) is 10.7. The van der Waals surface area contributed by atoms with Crippen LogP contribution in [0.15, 0.2) is 0 Å². The van der Waals surface area contributed by atoms with E-state index in [1.54, 1.807) is 0 Å². The van der Waals surface area contributed by atoms with E-state index in [1.165, 1.54) is 135 Å². The second-order valence-corrected chi connectivity index (χ2v) is 10.1. The molecule has 1 atom stereocenters. The lowest BCUT2D eigenvalue weighted by Crippen LogP contribution is -2.38. The molecule has 186 valence electrons. The summed E-state index contributed by atoms with van der Waals surface area (Å²) in [6.07, 6.45) is 32.4. The van der Waals surface area contributed by atoms with Gasteiger partial charge in [-0.25, -0.2) is 4.89 Å². The highest BCUT2D eigenvalue weighted by Gasteiger charge is 2.34. The molecule has 0 aliphatic carbocycles. The summed E-state index contributed by atoms with van der Waals surface area (Å²) in [6.45, 7) is 5.25. The number of hydrogen-bond acceptors (Lipinski definition) is 3. The van der Waals surface area contributed by atoms with Crippen molar-refractivity contribution in [2.45, 2.75) is 174 Å². The van der Waals surface area contributed by atoms with Gasteiger partial charge in [0.15, 0.2) is 0 Å². The molecular weight excluding hydrogens is 384 g/mol. The summed E-state index contributed by atoms with van der Waals surface area (Å²) in [5.74, 6) is 0. The summed E-state index contributed by atoms with van der Waals surface area (Å²) in [5.41, 5.74) is -0.0838. The van der Waals surface area contributed by atoms with Crippen molar-refractivity contribution in [2.75, 3.05) is 6.61 Å². The van der Waals surface area contributed by atoms with E-state index in [-0.39, 0.29) is 5.60 Å². The lowest BCUT2D eigenvalue weighted by molar-refractivity contribution is -0.570. The first-order valence-corrected chi connectivity index (χ1v) is 14.3. The topological polar surface area (TPSA) is 27.7 Å². The number of hydrogen-bond donors (Lipinski definition) is 0. The fraction of sp³-hybridized carbons (Fsp3) is 1.00. The summed E-state index contributed by atoms with van der Waals surface area (Å²) in [7, 11) is 0. The predicted molar refractivity (Wildman–Crippen MR) is 133 cm³/mol. The third-order valence-corrected chi connectivity index (χ3v) is 7.12. The Morgan fingerprint density at radius 3 is 1.16 bits per heavy atom. The first-order valence-electron chi connectivity index (χ1n) is 14.3. The fourth-order valence-electron chi connectivity index (χ4n) is 4.90. The van der Waals surface area contributed by atoms with Crippen LogP contribution in [0.4, 0.5) is 0 Å². The van der Waals surface area contributed by atoms with Crippen molar-refractivity contribution >= 4 is 0 Å². The van der Waals surface area contributed by atoms with E-state index in [1.807, 2.05) is 0 Å². The van der Waals surface area contributed by atoms with Crippen LogP contribution in [-0.4, -0.2) is 12.2 Å². The quantitative estimate of drug-likeness (QED) is 0.117. The van der Waals surface area contributed by atoms with Crippen molar-refractivity contribution in [3.63, 3.8) is 0 Å². The van der Waals surface area contributed by atoms with Gasteiger partial charge in [-0.15, -0.1) is 0 Å². The van der Waals surface area contributed by atoms with Crippen molar-refractivity contribution in [1.29, 1.82) is 0 Å². The molecule has 0 N–H and O–H groups in total. The van der Waals surface area contributed by atoms with Crippen LogP contribution in [0.25, 0.3) is 0 Å². The van der Waals surface area contributed by atoms with Gasteiger partial charge in [0.05, 0.1) is 6.61 Å². The molecule has 0 aromatic carbocycles. The van der Waals surface area contributed by atoms with E-state index in [2.05, 4.69) is 13.8 Å². The first kappa shape index (κ1) is 28.9. The number of rotatable bonds is 23. The van der Waals surface area contributed by atoms with Gasteiger partial charge in [-0.1, -0.05) is 154 Å². The molecule has 0 bridgehead atoms. The molecule has 1 aliphatic rings. The maximum Gasteiger partial charge on any atom is 0.109 e. The zero-order valence-corrected chi connectivity index (χ0v) is 21.4. The average Bonchev–Trinajstić information content (AvgIpc) is 2.79. The maximum atomic E-state index is 5.69. The Bertz CT molecular complexity index is 352. The minimum Gasteiger partial charge on any atom is -0.206 e. The van der Waals surface area contributed by atoms with Crippen LogP contribution in [0.3, 0.4) is 0 Å². The highest BCUT2D eigenvalue weighted by molar-refractivity contribution is 4.80. The second-order valence-electron chi connectivity index (χ2n) is 10.1. The van der Waals surface area contributed by atoms with Gasteiger partial charge in [-0.3, -0.25) is 0 Å². The zero-order valence-electron chi connectivity index (χ0n) is 21.4. The molecule has 0 aromatic heterocycles. The first-order chi connectivity index (χ1) is 15.3. The molecule has 1 unspecified atom stereocenters. The van der Waals surface area contributed by atoms with Crippen molar-refractivity contribution in [3.05, 3.63) is 0 Å². The summed E-state index contributed by atoms with van der Waals surface area (Å²) in [5, 5.41) is 4.96. The van der Waals surface area contributed by atoms with Crippen molar-refractivity contribution < 1.29 is 14.8 Å². The largest absolute Gasteiger partial charge is 0.206 e. The Morgan fingerprint density at radius 1 is 0.484 bits per heavy atom. The number of unbranched alkanes of at least 4 members (excludes halogenated alkanes) is 19. The normalized spacial score (nSPS) is 19.2. The van der Waals surface area contributed by atoms with Crippen LogP contribution in [0, 0.1) is 0 Å². The summed E-state index contributed by atoms with van der Waals surface area (Å²) >= 11 is 0. The van der Waals surface area contributed by atoms with Crippen molar-refractivity contribution in [2.24, 2.45) is 0 Å². The van der Waals surface area contributed by atoms with Crippen LogP contribution in [0.2, 0.25) is 0 Å². The summed E-state index contributed by atoms with van der Waals surface area (Å²) in [6, 6.07) is 0. The van der Waals surface area contributed by atoms with Crippen molar-refractivity contribution in [1.82, 2.24) is 0 Å². The minimum absolute atomic E-state index is 0.0838. The Labute approximate surface area is 195 Å². The Balaban J connectivity index is 1.94. The molecule has 0 aromatic rings. The van der Waals surface area contributed by atoms with Gasteiger partial charge in [0, 0.05) is 6.42 Å². The third kappa shape index (κ3) is 17.1. The van der Waals surface area contributed by atoms with Gasteiger partial charge in [0.1, 0.15) is 5.60 Å². The lowest BCUT2D eigenvalue weighted by Gasteiger charge is -2.34. The Kier molecular flexibility index (Phi) is 20.2. The molecule has 0 amide bonds. The molecule has 1 heterocycles. The van der Waals surface area contributed by atoms with Gasteiger partial charge >= 0.3 is 0 Å². The average molecular weight is 441 g/mol. The highest BCUT2D eigenvalue weighted by Crippen LogP contribution is 2.33. The van der Waals surface area contributed by atoms with Crippen LogP contribution >= 0.6 is 0 Å². The zero-order chi connectivity index (χ0) is 22.3. The fourth-order valence-corrected chi connectivity index (χ4v) is 4.90. The Hall–Kier alpha value is -0.120. The molecule has 1 fully saturated rings. The molecule has 0 radical (unpaired) electrons. The van der Waals surface area contributed by atoms with Gasteiger partial charge < -0.3 is 0 Å². The SMILES string of the molecule is CCCCCCCCCCCCCCCCCC1(CCCCCCCC)CCOOO1. The lowest BCUT2D eigenvalue weighted by atomic mass is 9.87. The van der Waals surface area contributed by atoms with E-state index < -0.39 is 0 Å². The molecule has 0 saturated carbocycles. The smallest absolute Gasteiger partial charge is 0.109 e. The second kappa shape index (κ2) is 21.7. The van der Waals surface area contributed by atoms with E-state index >= 15 is 0 Å². The van der Waals surface area contributed by atoms with Crippen molar-refractivity contribution in [3.8, 4) is 0 Å². The molecule has 1 rings (SSSR count). The van der Waals surface area contributed by atoms with Crippen LogP contribution in [0.5, 0.6) is 0 Å². The molecule has 0 spiro atoms. The Morgan fingerprint density at radius 2 is 0.839 bits per heavy atom. The maximum absolute atomic E-state index is 5.69. The van der Waals surface area contributed by atoms with E-state index in [0.29, 0.717) is 6.61 Å². The molecule has 3 nitrogen and oxygen atoms in total. The van der Waals surface area contributed by atoms with E-state index in [4.69, 9.17) is 14.8 Å². The predicted octanol–water partition coefficient (Wildman–Crippen LogP) is 10.0. The van der Waals surface area contributed by atoms with Gasteiger partial charge in [0.2, 0.25) is 0 Å². The minimum atomic E-state index is -0.0838. The monoisotopic (exact) mass is 440 g/mol. The van der Waals surface area contributed by atoms with Crippen LogP contribution < -0.4 is 0 Å². The van der Waals surface area contributed by atoms with Crippen LogP contribution in [-0.2, 0) is 14.8 Å². The van der Waals surface area contributed by atoms with Gasteiger partial charge in [-0.2, -0.15) is 4.89 Å². The van der Waals surface area contributed by atoms with Crippen LogP contribution in [0.1, 0.15) is 168 Å². The third-order valence-electron chi connectivity index (χ3n) is 7.12. The van der Waals surface area contributed by atoms with Gasteiger partial charge in [-0.05, 0) is 12.8 Å². The highest BCUT2D eigenvalue weighted by atomic mass is 17.5. The molecular formula is C28H56O3.